The highest BCUT2D eigenvalue weighted by atomic mass is 16.6. The lowest BCUT2D eigenvalue weighted by molar-refractivity contribution is 0.0974. The lowest BCUT2D eigenvalue weighted by Crippen LogP contribution is -2.34. The SMILES string of the molecule is CCC(C)NC(=O)OC1CCC(c2cc(Nc3nccc4cccnc34)n[nH]2)C1. The maximum Gasteiger partial charge on any atom is 0.407 e. The van der Waals surface area contributed by atoms with Crippen LogP contribution in [-0.4, -0.2) is 38.4 Å². The lowest BCUT2D eigenvalue weighted by Gasteiger charge is -2.16. The van der Waals surface area contributed by atoms with E-state index >= 15 is 0 Å². The number of hydrogen-bond donors (Lipinski definition) is 3. The Hall–Kier alpha value is -3.16. The fraction of sp³-hybridized carbons (Fsp3) is 0.429. The quantitative estimate of drug-likeness (QED) is 0.577. The number of hydrogen-bond acceptors (Lipinski definition) is 6. The Kier molecular flexibility index (Phi) is 5.59. The average molecular weight is 394 g/mol. The second-order valence-electron chi connectivity index (χ2n) is 7.56. The molecule has 3 unspecified atom stereocenters. The Morgan fingerprint density at radius 2 is 2.21 bits per heavy atom. The highest BCUT2D eigenvalue weighted by molar-refractivity contribution is 5.89. The number of H-pyrrole nitrogens is 1. The molecule has 0 saturated heterocycles. The predicted molar refractivity (Wildman–Crippen MR) is 111 cm³/mol. The maximum absolute atomic E-state index is 11.9. The van der Waals surface area contributed by atoms with Gasteiger partial charge in [-0.05, 0) is 44.7 Å². The fourth-order valence-electron chi connectivity index (χ4n) is 3.64. The van der Waals surface area contributed by atoms with E-state index in [1.165, 1.54) is 0 Å². The van der Waals surface area contributed by atoms with Crippen molar-refractivity contribution in [1.29, 1.82) is 0 Å². The third kappa shape index (κ3) is 4.47. The second-order valence-corrected chi connectivity index (χ2v) is 7.56. The molecular formula is C21H26N6O2. The first-order valence-corrected chi connectivity index (χ1v) is 10.1. The summed E-state index contributed by atoms with van der Waals surface area (Å²) in [4.78, 5) is 20.8. The van der Waals surface area contributed by atoms with E-state index in [9.17, 15) is 4.79 Å². The van der Waals surface area contributed by atoms with Gasteiger partial charge in [0.15, 0.2) is 11.6 Å². The number of nitrogens with zero attached hydrogens (tertiary/aromatic N) is 3. The molecule has 3 aromatic rings. The molecule has 0 radical (unpaired) electrons. The second kappa shape index (κ2) is 8.46. The van der Waals surface area contributed by atoms with Crippen LogP contribution in [0.1, 0.15) is 51.1 Å². The lowest BCUT2D eigenvalue weighted by atomic mass is 10.0. The zero-order valence-electron chi connectivity index (χ0n) is 16.7. The highest BCUT2D eigenvalue weighted by Crippen LogP contribution is 2.36. The summed E-state index contributed by atoms with van der Waals surface area (Å²) in [5.74, 6) is 1.66. The normalized spacial score (nSPS) is 19.8. The minimum atomic E-state index is -0.327. The van der Waals surface area contributed by atoms with Crippen LogP contribution in [0.5, 0.6) is 0 Å². The van der Waals surface area contributed by atoms with E-state index in [1.807, 2.05) is 38.1 Å². The van der Waals surface area contributed by atoms with Gasteiger partial charge in [0.05, 0.1) is 0 Å². The summed E-state index contributed by atoms with van der Waals surface area (Å²) in [5, 5.41) is 14.6. The molecule has 4 rings (SSSR count). The van der Waals surface area contributed by atoms with Crippen molar-refractivity contribution in [2.75, 3.05) is 5.32 Å². The molecule has 1 aliphatic carbocycles. The van der Waals surface area contributed by atoms with E-state index < -0.39 is 0 Å². The topological polar surface area (TPSA) is 105 Å². The summed E-state index contributed by atoms with van der Waals surface area (Å²) < 4.78 is 5.57. The highest BCUT2D eigenvalue weighted by Gasteiger charge is 2.30. The van der Waals surface area contributed by atoms with Crippen LogP contribution in [0.25, 0.3) is 10.9 Å². The Morgan fingerprint density at radius 3 is 3.07 bits per heavy atom. The van der Waals surface area contributed by atoms with Crippen molar-refractivity contribution in [3.05, 3.63) is 42.4 Å². The summed E-state index contributed by atoms with van der Waals surface area (Å²) in [6.07, 6.45) is 6.60. The number of fused-ring (bicyclic) bond motifs is 1. The minimum absolute atomic E-state index is 0.0623. The third-order valence-corrected chi connectivity index (χ3v) is 5.44. The zero-order chi connectivity index (χ0) is 20.2. The van der Waals surface area contributed by atoms with E-state index in [1.54, 1.807) is 12.4 Å². The molecule has 3 atom stereocenters. The monoisotopic (exact) mass is 394 g/mol. The standard InChI is InChI=1S/C21H26N6O2/c1-3-13(2)24-21(28)29-16-7-6-15(11-16)17-12-18(27-26-17)25-20-19-14(8-10-23-20)5-4-9-22-19/h4-5,8-10,12-13,15-16H,3,6-7,11H2,1-2H3,(H,24,28)(H2,23,25,26,27). The van der Waals surface area contributed by atoms with Gasteiger partial charge in [-0.1, -0.05) is 13.0 Å². The molecule has 29 heavy (non-hydrogen) atoms. The van der Waals surface area contributed by atoms with Gasteiger partial charge in [0.2, 0.25) is 0 Å². The van der Waals surface area contributed by atoms with Crippen LogP contribution in [0.3, 0.4) is 0 Å². The average Bonchev–Trinajstić information content (AvgIpc) is 3.37. The molecule has 1 saturated carbocycles. The molecule has 8 heteroatoms. The molecule has 3 aromatic heterocycles. The molecule has 1 amide bonds. The molecule has 3 heterocycles. The van der Waals surface area contributed by atoms with Crippen molar-refractivity contribution in [1.82, 2.24) is 25.5 Å². The van der Waals surface area contributed by atoms with Gasteiger partial charge in [-0.15, -0.1) is 0 Å². The van der Waals surface area contributed by atoms with Crippen molar-refractivity contribution in [2.45, 2.75) is 57.6 Å². The Bertz CT molecular complexity index is 983. The summed E-state index contributed by atoms with van der Waals surface area (Å²) in [6.45, 7) is 4.00. The molecule has 3 N–H and O–H groups in total. The predicted octanol–water partition coefficient (Wildman–Crippen LogP) is 4.26. The fourth-order valence-corrected chi connectivity index (χ4v) is 3.64. The van der Waals surface area contributed by atoms with E-state index in [-0.39, 0.29) is 24.2 Å². The smallest absolute Gasteiger partial charge is 0.407 e. The first-order valence-electron chi connectivity index (χ1n) is 10.1. The number of pyridine rings is 2. The van der Waals surface area contributed by atoms with Gasteiger partial charge >= 0.3 is 6.09 Å². The number of carbonyl (C=O) groups is 1. The summed E-state index contributed by atoms with van der Waals surface area (Å²) >= 11 is 0. The number of carbonyl (C=O) groups excluding carboxylic acids is 1. The van der Waals surface area contributed by atoms with Crippen molar-refractivity contribution in [3.63, 3.8) is 0 Å². The maximum atomic E-state index is 11.9. The van der Waals surface area contributed by atoms with Gasteiger partial charge in [-0.25, -0.2) is 9.78 Å². The van der Waals surface area contributed by atoms with Crippen LogP contribution in [-0.2, 0) is 4.74 Å². The van der Waals surface area contributed by atoms with Gasteiger partial charge in [0.25, 0.3) is 0 Å². The molecule has 152 valence electrons. The minimum Gasteiger partial charge on any atom is -0.446 e. The molecular weight excluding hydrogens is 368 g/mol. The van der Waals surface area contributed by atoms with Crippen LogP contribution in [0.15, 0.2) is 36.7 Å². The number of amides is 1. The largest absolute Gasteiger partial charge is 0.446 e. The molecule has 0 aliphatic heterocycles. The van der Waals surface area contributed by atoms with E-state index in [2.05, 4.69) is 30.8 Å². The van der Waals surface area contributed by atoms with Crippen LogP contribution >= 0.6 is 0 Å². The summed E-state index contributed by atoms with van der Waals surface area (Å²) in [7, 11) is 0. The van der Waals surface area contributed by atoms with E-state index in [4.69, 9.17) is 4.74 Å². The van der Waals surface area contributed by atoms with Crippen LogP contribution in [0.2, 0.25) is 0 Å². The van der Waals surface area contributed by atoms with Crippen LogP contribution < -0.4 is 10.6 Å². The Labute approximate surface area is 169 Å². The van der Waals surface area contributed by atoms with Gasteiger partial charge in [-0.3, -0.25) is 10.1 Å². The number of ether oxygens (including phenoxy) is 1. The van der Waals surface area contributed by atoms with Gasteiger partial charge in [0, 0.05) is 41.5 Å². The molecule has 0 bridgehead atoms. The van der Waals surface area contributed by atoms with Crippen molar-refractivity contribution >= 4 is 28.6 Å². The number of anilines is 2. The molecule has 8 nitrogen and oxygen atoms in total. The molecule has 0 aromatic carbocycles. The number of nitrogens with one attached hydrogen (secondary N) is 3. The van der Waals surface area contributed by atoms with E-state index in [0.717, 1.165) is 42.3 Å². The van der Waals surface area contributed by atoms with Crippen LogP contribution in [0, 0.1) is 0 Å². The Morgan fingerprint density at radius 1 is 1.31 bits per heavy atom. The number of aromatic nitrogens is 4. The molecule has 1 fully saturated rings. The van der Waals surface area contributed by atoms with Crippen molar-refractivity contribution in [2.24, 2.45) is 0 Å². The molecule has 1 aliphatic rings. The van der Waals surface area contributed by atoms with Gasteiger partial charge in [0.1, 0.15) is 11.6 Å². The Balaban J connectivity index is 1.38. The van der Waals surface area contributed by atoms with E-state index in [0.29, 0.717) is 11.6 Å². The van der Waals surface area contributed by atoms with Crippen LogP contribution in [0.4, 0.5) is 16.4 Å². The van der Waals surface area contributed by atoms with Gasteiger partial charge < -0.3 is 15.4 Å². The van der Waals surface area contributed by atoms with Crippen molar-refractivity contribution < 1.29 is 9.53 Å². The first-order chi connectivity index (χ1) is 14.1. The number of aromatic amines is 1. The summed E-state index contributed by atoms with van der Waals surface area (Å²) in [5.41, 5.74) is 1.84. The van der Waals surface area contributed by atoms with Crippen molar-refractivity contribution in [3.8, 4) is 0 Å². The number of alkyl carbamates (subject to hydrolysis) is 1. The number of rotatable bonds is 6. The zero-order valence-corrected chi connectivity index (χ0v) is 16.7. The summed E-state index contributed by atoms with van der Waals surface area (Å²) in [6, 6.07) is 7.95. The first kappa shape index (κ1) is 19.2. The third-order valence-electron chi connectivity index (χ3n) is 5.44. The molecule has 0 spiro atoms. The van der Waals surface area contributed by atoms with Gasteiger partial charge in [-0.2, -0.15) is 5.10 Å².